The summed E-state index contributed by atoms with van der Waals surface area (Å²) >= 11 is 0. The topological polar surface area (TPSA) is 54.9 Å². The molecule has 0 aliphatic heterocycles. The van der Waals surface area contributed by atoms with Crippen molar-refractivity contribution in [2.24, 2.45) is 0 Å². The Balaban J connectivity index is 3.50. The molecule has 0 aliphatic carbocycles. The highest BCUT2D eigenvalue weighted by molar-refractivity contribution is 4.96. The number of hydrogen-bond donors (Lipinski definition) is 1. The Kier molecular flexibility index (Phi) is 2.17. The molecule has 0 aromatic carbocycles. The van der Waals surface area contributed by atoms with E-state index in [1.54, 1.807) is 20.8 Å². The van der Waals surface area contributed by atoms with Gasteiger partial charge in [0.1, 0.15) is 0 Å². The molecule has 12 heavy (non-hydrogen) atoms. The summed E-state index contributed by atoms with van der Waals surface area (Å²) in [6.07, 6.45) is 0. The van der Waals surface area contributed by atoms with Crippen LogP contribution in [0.25, 0.3) is 0 Å². The molecule has 0 aliphatic rings. The average Bonchev–Trinajstić information content (AvgIpc) is 1.82. The number of aromatic amines is 1. The predicted octanol–water partition coefficient (Wildman–Crippen LogP) is 0.426. The van der Waals surface area contributed by atoms with Crippen LogP contribution in [-0.4, -0.2) is 9.55 Å². The Morgan fingerprint density at radius 2 is 2.00 bits per heavy atom. The van der Waals surface area contributed by atoms with Gasteiger partial charge in [0.2, 0.25) is 0 Å². The van der Waals surface area contributed by atoms with Gasteiger partial charge in [0, 0.05) is 17.8 Å². The minimum Gasteiger partial charge on any atom is -0.311 e. The van der Waals surface area contributed by atoms with E-state index in [1.807, 2.05) is 0 Å². The quantitative estimate of drug-likeness (QED) is 0.661. The fourth-order valence-corrected chi connectivity index (χ4v) is 1.11. The molecule has 0 saturated carbocycles. The highest BCUT2D eigenvalue weighted by Gasteiger charge is 2.04. The lowest BCUT2D eigenvalue weighted by molar-refractivity contribution is 0.543. The maximum atomic E-state index is 11.2. The van der Waals surface area contributed by atoms with E-state index in [1.165, 1.54) is 10.6 Å². The molecule has 1 N–H and O–H groups in total. The molecule has 4 heteroatoms. The molecule has 66 valence electrons. The Bertz CT molecular complexity index is 356. The SMILES string of the molecule is Cc1cc(=O)n(C(C)C)c(=O)[nH]1. The zero-order chi connectivity index (χ0) is 9.30. The number of rotatable bonds is 1. The Morgan fingerprint density at radius 1 is 1.42 bits per heavy atom. The lowest BCUT2D eigenvalue weighted by atomic mass is 10.3. The standard InChI is InChI=1S/C8H12N2O2/c1-5(2)10-7(11)4-6(3)9-8(10)12/h4-5H,1-3H3,(H,9,12). The van der Waals surface area contributed by atoms with Crippen LogP contribution in [0.4, 0.5) is 0 Å². The van der Waals surface area contributed by atoms with Crippen molar-refractivity contribution in [3.05, 3.63) is 32.6 Å². The number of nitrogens with zero attached hydrogens (tertiary/aromatic N) is 1. The molecular formula is C8H12N2O2. The van der Waals surface area contributed by atoms with Crippen molar-refractivity contribution in [3.8, 4) is 0 Å². The zero-order valence-corrected chi connectivity index (χ0v) is 7.42. The second-order valence-corrected chi connectivity index (χ2v) is 3.06. The zero-order valence-electron chi connectivity index (χ0n) is 7.42. The Morgan fingerprint density at radius 3 is 2.42 bits per heavy atom. The first kappa shape index (κ1) is 8.77. The molecule has 0 saturated heterocycles. The minimum atomic E-state index is -0.338. The molecule has 0 bridgehead atoms. The van der Waals surface area contributed by atoms with E-state index in [2.05, 4.69) is 4.98 Å². The molecule has 0 fully saturated rings. The number of aromatic nitrogens is 2. The molecule has 1 aromatic rings. The van der Waals surface area contributed by atoms with E-state index < -0.39 is 0 Å². The summed E-state index contributed by atoms with van der Waals surface area (Å²) < 4.78 is 1.19. The number of aryl methyl sites for hydroxylation is 1. The largest absolute Gasteiger partial charge is 0.328 e. The smallest absolute Gasteiger partial charge is 0.311 e. The molecule has 0 unspecified atom stereocenters. The van der Waals surface area contributed by atoms with Gasteiger partial charge < -0.3 is 4.98 Å². The summed E-state index contributed by atoms with van der Waals surface area (Å²) in [6.45, 7) is 5.28. The lowest BCUT2D eigenvalue weighted by Gasteiger charge is -2.07. The van der Waals surface area contributed by atoms with Crippen LogP contribution >= 0.6 is 0 Å². The third kappa shape index (κ3) is 1.47. The van der Waals surface area contributed by atoms with Crippen molar-refractivity contribution in [2.75, 3.05) is 0 Å². The van der Waals surface area contributed by atoms with Crippen LogP contribution in [0.15, 0.2) is 15.7 Å². The second-order valence-electron chi connectivity index (χ2n) is 3.06. The summed E-state index contributed by atoms with van der Waals surface area (Å²) in [6, 6.07) is 1.32. The highest BCUT2D eigenvalue weighted by atomic mass is 16.2. The maximum absolute atomic E-state index is 11.2. The first-order valence-corrected chi connectivity index (χ1v) is 3.85. The van der Waals surface area contributed by atoms with Gasteiger partial charge in [-0.3, -0.25) is 9.36 Å². The van der Waals surface area contributed by atoms with Crippen molar-refractivity contribution in [2.45, 2.75) is 26.8 Å². The third-order valence-electron chi connectivity index (χ3n) is 1.62. The highest BCUT2D eigenvalue weighted by Crippen LogP contribution is 1.93. The third-order valence-corrected chi connectivity index (χ3v) is 1.62. The van der Waals surface area contributed by atoms with E-state index >= 15 is 0 Å². The molecule has 0 atom stereocenters. The predicted molar refractivity (Wildman–Crippen MR) is 46.4 cm³/mol. The van der Waals surface area contributed by atoms with Crippen LogP contribution in [-0.2, 0) is 0 Å². The van der Waals surface area contributed by atoms with Crippen LogP contribution < -0.4 is 11.2 Å². The molecule has 0 amide bonds. The number of hydrogen-bond acceptors (Lipinski definition) is 2. The Labute approximate surface area is 69.9 Å². The monoisotopic (exact) mass is 168 g/mol. The van der Waals surface area contributed by atoms with Gasteiger partial charge >= 0.3 is 5.69 Å². The number of nitrogens with one attached hydrogen (secondary N) is 1. The molecule has 1 rings (SSSR count). The van der Waals surface area contributed by atoms with Crippen LogP contribution in [0.2, 0.25) is 0 Å². The van der Waals surface area contributed by atoms with Gasteiger partial charge in [-0.25, -0.2) is 4.79 Å². The van der Waals surface area contributed by atoms with Gasteiger partial charge in [-0.15, -0.1) is 0 Å². The van der Waals surface area contributed by atoms with Crippen molar-refractivity contribution < 1.29 is 0 Å². The van der Waals surface area contributed by atoms with Gasteiger partial charge in [0.05, 0.1) is 0 Å². The van der Waals surface area contributed by atoms with Gasteiger partial charge in [-0.1, -0.05) is 0 Å². The van der Waals surface area contributed by atoms with E-state index in [9.17, 15) is 9.59 Å². The molecule has 4 nitrogen and oxygen atoms in total. The fraction of sp³-hybridized carbons (Fsp3) is 0.500. The van der Waals surface area contributed by atoms with Gasteiger partial charge in [-0.2, -0.15) is 0 Å². The minimum absolute atomic E-state index is 0.0955. The Hall–Kier alpha value is -1.32. The summed E-state index contributed by atoms with van der Waals surface area (Å²) in [7, 11) is 0. The normalized spacial score (nSPS) is 10.7. The van der Waals surface area contributed by atoms with Gasteiger partial charge in [0.25, 0.3) is 5.56 Å². The summed E-state index contributed by atoms with van der Waals surface area (Å²) in [5, 5.41) is 0. The first-order valence-electron chi connectivity index (χ1n) is 3.85. The van der Waals surface area contributed by atoms with Gasteiger partial charge in [0.15, 0.2) is 0 Å². The van der Waals surface area contributed by atoms with Crippen molar-refractivity contribution in [1.29, 1.82) is 0 Å². The second kappa shape index (κ2) is 2.97. The van der Waals surface area contributed by atoms with Crippen LogP contribution in [0.3, 0.4) is 0 Å². The van der Waals surface area contributed by atoms with Crippen molar-refractivity contribution >= 4 is 0 Å². The fourth-order valence-electron chi connectivity index (χ4n) is 1.11. The average molecular weight is 168 g/mol. The van der Waals surface area contributed by atoms with Gasteiger partial charge in [-0.05, 0) is 20.8 Å². The van der Waals surface area contributed by atoms with E-state index in [0.717, 1.165) is 0 Å². The van der Waals surface area contributed by atoms with E-state index in [4.69, 9.17) is 0 Å². The molecule has 0 radical (unpaired) electrons. The first-order chi connectivity index (χ1) is 5.52. The molecule has 1 heterocycles. The van der Waals surface area contributed by atoms with Crippen molar-refractivity contribution in [1.82, 2.24) is 9.55 Å². The summed E-state index contributed by atoms with van der Waals surface area (Å²) in [5.41, 5.74) is 0.0168. The maximum Gasteiger partial charge on any atom is 0.328 e. The summed E-state index contributed by atoms with van der Waals surface area (Å²) in [4.78, 5) is 25.0. The van der Waals surface area contributed by atoms with Crippen LogP contribution in [0.1, 0.15) is 25.6 Å². The van der Waals surface area contributed by atoms with E-state index in [-0.39, 0.29) is 17.3 Å². The summed E-state index contributed by atoms with van der Waals surface area (Å²) in [5.74, 6) is 0. The molecular weight excluding hydrogens is 156 g/mol. The van der Waals surface area contributed by atoms with E-state index in [0.29, 0.717) is 5.69 Å². The number of H-pyrrole nitrogens is 1. The molecule has 0 spiro atoms. The lowest BCUT2D eigenvalue weighted by Crippen LogP contribution is -2.36. The van der Waals surface area contributed by atoms with Crippen molar-refractivity contribution in [3.63, 3.8) is 0 Å². The van der Waals surface area contributed by atoms with Crippen LogP contribution in [0.5, 0.6) is 0 Å². The molecule has 1 aromatic heterocycles. The van der Waals surface area contributed by atoms with Crippen LogP contribution in [0, 0.1) is 6.92 Å².